The zero-order valence-corrected chi connectivity index (χ0v) is 15.9. The average molecular weight is 331 g/mol. The van der Waals surface area contributed by atoms with E-state index in [9.17, 15) is 0 Å². The van der Waals surface area contributed by atoms with E-state index in [1.54, 1.807) is 27.6 Å². The third-order valence-corrected chi connectivity index (χ3v) is 4.31. The van der Waals surface area contributed by atoms with E-state index in [4.69, 9.17) is 18.9 Å². The molecule has 0 aromatic carbocycles. The normalized spacial score (nSPS) is 13.6. The Kier molecular flexibility index (Phi) is 14.6. The second-order valence-corrected chi connectivity index (χ2v) is 5.95. The second kappa shape index (κ2) is 15.0. The Balaban J connectivity index is 4.36. The predicted octanol–water partition coefficient (Wildman–Crippen LogP) is 5.28. The maximum atomic E-state index is 5.57. The van der Waals surface area contributed by atoms with E-state index in [0.29, 0.717) is 6.61 Å². The van der Waals surface area contributed by atoms with Crippen molar-refractivity contribution in [3.8, 4) is 0 Å². The Morgan fingerprint density at radius 2 is 1.39 bits per heavy atom. The van der Waals surface area contributed by atoms with Crippen molar-refractivity contribution in [2.45, 2.75) is 77.6 Å². The molecule has 138 valence electrons. The number of methoxy groups -OCH3 is 3. The van der Waals surface area contributed by atoms with Gasteiger partial charge < -0.3 is 18.9 Å². The van der Waals surface area contributed by atoms with E-state index < -0.39 is 5.97 Å². The van der Waals surface area contributed by atoms with Crippen LogP contribution in [0.1, 0.15) is 71.6 Å². The Hall–Kier alpha value is -0.580. The lowest BCUT2D eigenvalue weighted by Gasteiger charge is -2.36. The van der Waals surface area contributed by atoms with Crippen LogP contribution in [-0.4, -0.2) is 33.9 Å². The van der Waals surface area contributed by atoms with E-state index in [0.717, 1.165) is 19.3 Å². The van der Waals surface area contributed by atoms with Crippen LogP contribution in [0.25, 0.3) is 0 Å². The zero-order valence-electron chi connectivity index (χ0n) is 15.9. The number of allylic oxidation sites excluding steroid dienone is 1. The van der Waals surface area contributed by atoms with Crippen molar-refractivity contribution in [2.75, 3.05) is 27.9 Å². The van der Waals surface area contributed by atoms with Crippen LogP contribution in [0.3, 0.4) is 0 Å². The Morgan fingerprint density at radius 3 is 1.96 bits per heavy atom. The molecule has 0 saturated carbocycles. The molecule has 0 aliphatic heterocycles. The summed E-state index contributed by atoms with van der Waals surface area (Å²) >= 11 is 0. The van der Waals surface area contributed by atoms with Gasteiger partial charge in [-0.25, -0.2) is 0 Å². The third-order valence-electron chi connectivity index (χ3n) is 4.31. The van der Waals surface area contributed by atoms with Gasteiger partial charge in [-0.05, 0) is 26.2 Å². The average Bonchev–Trinajstić information content (AvgIpc) is 2.58. The van der Waals surface area contributed by atoms with Gasteiger partial charge in [0.05, 0.1) is 12.9 Å². The van der Waals surface area contributed by atoms with Crippen LogP contribution in [0.5, 0.6) is 0 Å². The highest BCUT2D eigenvalue weighted by atomic mass is 16.9. The summed E-state index contributed by atoms with van der Waals surface area (Å²) in [7, 11) is 4.95. The quantitative estimate of drug-likeness (QED) is 0.219. The summed E-state index contributed by atoms with van der Waals surface area (Å²) in [6.45, 7) is 4.91. The molecular formula is C19H38O4. The molecule has 4 nitrogen and oxygen atoms in total. The molecule has 1 atom stereocenters. The lowest BCUT2D eigenvalue weighted by Crippen LogP contribution is -2.44. The standard InChI is InChI=1S/C19H38O4/c1-6-8-9-10-11-12-14-18(15-13-17-23-16-7-2)19(20-3,21-4)22-5/h7,16,18H,6,8-15,17H2,1-5H3. The van der Waals surface area contributed by atoms with Crippen LogP contribution in [0.2, 0.25) is 0 Å². The van der Waals surface area contributed by atoms with Crippen molar-refractivity contribution in [3.05, 3.63) is 12.3 Å². The summed E-state index contributed by atoms with van der Waals surface area (Å²) < 4.78 is 22.1. The molecule has 4 heteroatoms. The minimum absolute atomic E-state index is 0.211. The fourth-order valence-electron chi connectivity index (χ4n) is 3.00. The Bertz CT molecular complexity index is 266. The number of ether oxygens (including phenoxy) is 4. The lowest BCUT2D eigenvalue weighted by molar-refractivity contribution is -0.380. The monoisotopic (exact) mass is 330 g/mol. The number of hydrogen-bond acceptors (Lipinski definition) is 4. The van der Waals surface area contributed by atoms with E-state index in [-0.39, 0.29) is 5.92 Å². The molecule has 0 heterocycles. The molecule has 1 unspecified atom stereocenters. The number of unbranched alkanes of at least 4 members (excludes halogenated alkanes) is 5. The topological polar surface area (TPSA) is 36.9 Å². The van der Waals surface area contributed by atoms with Crippen molar-refractivity contribution >= 4 is 0 Å². The first-order valence-corrected chi connectivity index (χ1v) is 9.08. The van der Waals surface area contributed by atoms with E-state index >= 15 is 0 Å². The summed E-state index contributed by atoms with van der Waals surface area (Å²) in [5.74, 6) is -0.729. The molecule has 23 heavy (non-hydrogen) atoms. The van der Waals surface area contributed by atoms with Crippen molar-refractivity contribution in [2.24, 2.45) is 5.92 Å². The molecule has 0 aliphatic carbocycles. The van der Waals surface area contributed by atoms with Gasteiger partial charge in [0.15, 0.2) is 0 Å². The lowest BCUT2D eigenvalue weighted by atomic mass is 9.93. The van der Waals surface area contributed by atoms with Crippen LogP contribution >= 0.6 is 0 Å². The van der Waals surface area contributed by atoms with Crippen molar-refractivity contribution in [3.63, 3.8) is 0 Å². The highest BCUT2D eigenvalue weighted by Crippen LogP contribution is 2.32. The number of rotatable bonds is 16. The van der Waals surface area contributed by atoms with Crippen molar-refractivity contribution < 1.29 is 18.9 Å². The molecule has 0 aromatic rings. The van der Waals surface area contributed by atoms with Crippen LogP contribution in [0.4, 0.5) is 0 Å². The fourth-order valence-corrected chi connectivity index (χ4v) is 3.00. The summed E-state index contributed by atoms with van der Waals surface area (Å²) in [4.78, 5) is 0. The molecular weight excluding hydrogens is 292 g/mol. The summed E-state index contributed by atoms with van der Waals surface area (Å²) in [6.07, 6.45) is 14.3. The SMILES string of the molecule is CC=COCCCC(CCCCCCCC)C(OC)(OC)OC. The molecule has 0 rings (SSSR count). The second-order valence-electron chi connectivity index (χ2n) is 5.95. The first-order chi connectivity index (χ1) is 11.2. The number of hydrogen-bond donors (Lipinski definition) is 0. The highest BCUT2D eigenvalue weighted by Gasteiger charge is 2.39. The minimum atomic E-state index is -0.940. The van der Waals surface area contributed by atoms with Crippen LogP contribution < -0.4 is 0 Å². The van der Waals surface area contributed by atoms with Crippen molar-refractivity contribution in [1.82, 2.24) is 0 Å². The molecule has 0 radical (unpaired) electrons. The Labute approximate surface area is 143 Å². The van der Waals surface area contributed by atoms with E-state index in [2.05, 4.69) is 6.92 Å². The molecule has 0 saturated heterocycles. The summed E-state index contributed by atoms with van der Waals surface area (Å²) in [5, 5.41) is 0. The van der Waals surface area contributed by atoms with Crippen LogP contribution in [-0.2, 0) is 18.9 Å². The summed E-state index contributed by atoms with van der Waals surface area (Å²) in [5.41, 5.74) is 0. The zero-order chi connectivity index (χ0) is 17.4. The maximum absolute atomic E-state index is 5.57. The van der Waals surface area contributed by atoms with Gasteiger partial charge in [-0.3, -0.25) is 0 Å². The molecule has 0 bridgehead atoms. The van der Waals surface area contributed by atoms with Gasteiger partial charge in [0.2, 0.25) is 0 Å². The first-order valence-electron chi connectivity index (χ1n) is 9.08. The first kappa shape index (κ1) is 22.4. The van der Waals surface area contributed by atoms with Crippen LogP contribution in [0.15, 0.2) is 12.3 Å². The third kappa shape index (κ3) is 9.33. The van der Waals surface area contributed by atoms with Gasteiger partial charge >= 0.3 is 0 Å². The molecule has 0 amide bonds. The largest absolute Gasteiger partial charge is 0.502 e. The maximum Gasteiger partial charge on any atom is 0.285 e. The Morgan fingerprint density at radius 1 is 0.826 bits per heavy atom. The van der Waals surface area contributed by atoms with Gasteiger partial charge in [-0.15, -0.1) is 0 Å². The van der Waals surface area contributed by atoms with E-state index in [1.165, 1.54) is 38.5 Å². The van der Waals surface area contributed by atoms with Crippen LogP contribution in [0, 0.1) is 5.92 Å². The minimum Gasteiger partial charge on any atom is -0.502 e. The molecule has 0 aliphatic rings. The molecule has 0 fully saturated rings. The highest BCUT2D eigenvalue weighted by molar-refractivity contribution is 4.72. The van der Waals surface area contributed by atoms with Gasteiger partial charge in [-0.1, -0.05) is 51.5 Å². The van der Waals surface area contributed by atoms with Gasteiger partial charge in [0.25, 0.3) is 5.97 Å². The predicted molar refractivity (Wildman–Crippen MR) is 95.2 cm³/mol. The smallest absolute Gasteiger partial charge is 0.285 e. The molecule has 0 N–H and O–H groups in total. The van der Waals surface area contributed by atoms with Gasteiger partial charge in [0, 0.05) is 27.2 Å². The van der Waals surface area contributed by atoms with Gasteiger partial charge in [0.1, 0.15) is 0 Å². The van der Waals surface area contributed by atoms with Gasteiger partial charge in [-0.2, -0.15) is 0 Å². The molecule has 0 spiro atoms. The molecule has 0 aromatic heterocycles. The fraction of sp³-hybridized carbons (Fsp3) is 0.895. The van der Waals surface area contributed by atoms with E-state index in [1.807, 2.05) is 13.0 Å². The summed E-state index contributed by atoms with van der Waals surface area (Å²) in [6, 6.07) is 0. The van der Waals surface area contributed by atoms with Crippen molar-refractivity contribution in [1.29, 1.82) is 0 Å².